The van der Waals surface area contributed by atoms with Gasteiger partial charge in [0.1, 0.15) is 5.82 Å². The Morgan fingerprint density at radius 1 is 0.862 bits per heavy atom. The molecule has 2 heterocycles. The monoisotopic (exact) mass is 438 g/mol. The number of benzene rings is 2. The van der Waals surface area contributed by atoms with E-state index in [1.807, 2.05) is 4.90 Å². The van der Waals surface area contributed by atoms with E-state index in [9.17, 15) is 21.2 Å². The minimum atomic E-state index is -3.75. The highest BCUT2D eigenvalue weighted by molar-refractivity contribution is 7.96. The maximum atomic E-state index is 13.2. The summed E-state index contributed by atoms with van der Waals surface area (Å²) < 4.78 is 64.2. The smallest absolute Gasteiger partial charge is 0.183 e. The number of rotatable bonds is 4. The Balaban J connectivity index is 1.53. The molecule has 2 aliphatic heterocycles. The van der Waals surface area contributed by atoms with E-state index in [4.69, 9.17) is 0 Å². The third kappa shape index (κ3) is 4.17. The first-order valence-corrected chi connectivity index (χ1v) is 12.9. The van der Waals surface area contributed by atoms with Crippen LogP contribution in [0.15, 0.2) is 59.5 Å². The Bertz CT molecular complexity index is 1070. The number of halogens is 1. The predicted molar refractivity (Wildman–Crippen MR) is 110 cm³/mol. The quantitative estimate of drug-likeness (QED) is 0.722. The summed E-state index contributed by atoms with van der Waals surface area (Å²) in [6, 6.07) is 13.8. The molecule has 4 rings (SSSR count). The summed E-state index contributed by atoms with van der Waals surface area (Å²) in [7, 11) is -7.19. The molecule has 2 saturated heterocycles. The zero-order valence-corrected chi connectivity index (χ0v) is 17.4. The van der Waals surface area contributed by atoms with Crippen molar-refractivity contribution in [2.75, 3.05) is 42.6 Å². The summed E-state index contributed by atoms with van der Waals surface area (Å²) in [5.74, 6) is -0.773. The van der Waals surface area contributed by atoms with Gasteiger partial charge in [-0.05, 0) is 36.4 Å². The van der Waals surface area contributed by atoms with Crippen LogP contribution in [0.4, 0.5) is 10.1 Å². The first kappa shape index (κ1) is 20.3. The van der Waals surface area contributed by atoms with Gasteiger partial charge in [-0.3, -0.25) is 4.90 Å². The van der Waals surface area contributed by atoms with Crippen LogP contribution in [0.1, 0.15) is 0 Å². The van der Waals surface area contributed by atoms with Gasteiger partial charge in [-0.25, -0.2) is 21.2 Å². The van der Waals surface area contributed by atoms with Gasteiger partial charge in [0.05, 0.1) is 21.7 Å². The van der Waals surface area contributed by atoms with E-state index in [-0.39, 0.29) is 22.2 Å². The second-order valence-corrected chi connectivity index (χ2v) is 11.9. The number of sulfone groups is 2. The van der Waals surface area contributed by atoms with Gasteiger partial charge in [0.25, 0.3) is 0 Å². The SMILES string of the molecule is O=S1(=O)CC(N2CCN(c3ccc(F)cc3)CC2)C(S(=O)(=O)c2ccccc2)C1. The second-order valence-electron chi connectivity index (χ2n) is 7.54. The van der Waals surface area contributed by atoms with Gasteiger partial charge in [0, 0.05) is 37.9 Å². The molecule has 2 unspecified atom stereocenters. The van der Waals surface area contributed by atoms with Crippen LogP contribution in [0.5, 0.6) is 0 Å². The molecule has 0 radical (unpaired) electrons. The summed E-state index contributed by atoms with van der Waals surface area (Å²) in [6.45, 7) is 2.36. The molecule has 0 aromatic heterocycles. The number of anilines is 1. The maximum Gasteiger partial charge on any atom is 0.183 e. The number of hydrogen-bond acceptors (Lipinski definition) is 6. The molecule has 2 aromatic rings. The fraction of sp³-hybridized carbons (Fsp3) is 0.400. The van der Waals surface area contributed by atoms with E-state index in [1.54, 1.807) is 30.3 Å². The molecule has 156 valence electrons. The number of nitrogens with zero attached hydrogens (tertiary/aromatic N) is 2. The van der Waals surface area contributed by atoms with E-state index in [0.717, 1.165) is 5.69 Å². The van der Waals surface area contributed by atoms with E-state index < -0.39 is 31.0 Å². The molecule has 9 heteroatoms. The molecule has 2 aromatic carbocycles. The highest BCUT2D eigenvalue weighted by Gasteiger charge is 2.48. The molecule has 0 N–H and O–H groups in total. The lowest BCUT2D eigenvalue weighted by Gasteiger charge is -2.40. The minimum Gasteiger partial charge on any atom is -0.369 e. The Kier molecular flexibility index (Phi) is 5.39. The van der Waals surface area contributed by atoms with Crippen molar-refractivity contribution in [1.82, 2.24) is 4.90 Å². The van der Waals surface area contributed by atoms with Crippen molar-refractivity contribution in [1.29, 1.82) is 0 Å². The van der Waals surface area contributed by atoms with Gasteiger partial charge in [-0.15, -0.1) is 0 Å². The molecule has 2 fully saturated rings. The highest BCUT2D eigenvalue weighted by Crippen LogP contribution is 2.30. The predicted octanol–water partition coefficient (Wildman–Crippen LogP) is 1.59. The lowest BCUT2D eigenvalue weighted by Crippen LogP contribution is -2.55. The van der Waals surface area contributed by atoms with Crippen molar-refractivity contribution < 1.29 is 21.2 Å². The standard InChI is InChI=1S/C20H23FN2O4S2/c21-16-6-8-17(9-7-16)22-10-12-23(13-11-22)19-14-28(24,25)15-20(19)29(26,27)18-4-2-1-3-5-18/h1-9,19-20H,10-15H2. The van der Waals surface area contributed by atoms with Gasteiger partial charge in [0.2, 0.25) is 0 Å². The zero-order chi connectivity index (χ0) is 20.6. The third-order valence-electron chi connectivity index (χ3n) is 5.72. The average Bonchev–Trinajstić information content (AvgIpc) is 3.06. The number of piperazine rings is 1. The first-order valence-electron chi connectivity index (χ1n) is 9.50. The molecule has 2 atom stereocenters. The van der Waals surface area contributed by atoms with E-state index in [1.165, 1.54) is 24.3 Å². The van der Waals surface area contributed by atoms with Crippen molar-refractivity contribution in [3.05, 3.63) is 60.4 Å². The van der Waals surface area contributed by atoms with Crippen LogP contribution in [0.3, 0.4) is 0 Å². The van der Waals surface area contributed by atoms with Gasteiger partial charge >= 0.3 is 0 Å². The minimum absolute atomic E-state index is 0.139. The number of hydrogen-bond donors (Lipinski definition) is 0. The van der Waals surface area contributed by atoms with Gasteiger partial charge in [-0.1, -0.05) is 18.2 Å². The fourth-order valence-corrected chi connectivity index (χ4v) is 9.03. The average molecular weight is 439 g/mol. The van der Waals surface area contributed by atoms with Gasteiger partial charge in [-0.2, -0.15) is 0 Å². The fourth-order valence-electron chi connectivity index (χ4n) is 4.18. The third-order valence-corrected chi connectivity index (χ3v) is 9.85. The summed E-state index contributed by atoms with van der Waals surface area (Å²) >= 11 is 0. The van der Waals surface area contributed by atoms with Crippen molar-refractivity contribution >= 4 is 25.4 Å². The van der Waals surface area contributed by atoms with Crippen LogP contribution < -0.4 is 4.90 Å². The molecule has 0 bridgehead atoms. The molecule has 0 spiro atoms. The van der Waals surface area contributed by atoms with Gasteiger partial charge in [0.15, 0.2) is 19.7 Å². The molecule has 29 heavy (non-hydrogen) atoms. The topological polar surface area (TPSA) is 74.8 Å². The second kappa shape index (κ2) is 7.70. The van der Waals surface area contributed by atoms with E-state index in [0.29, 0.717) is 26.2 Å². The molecule has 6 nitrogen and oxygen atoms in total. The maximum absolute atomic E-state index is 13.2. The lowest BCUT2D eigenvalue weighted by molar-refractivity contribution is 0.201. The first-order chi connectivity index (χ1) is 13.8. The normalized spacial score (nSPS) is 25.2. The van der Waals surface area contributed by atoms with Crippen molar-refractivity contribution in [3.8, 4) is 0 Å². The highest BCUT2D eigenvalue weighted by atomic mass is 32.2. The largest absolute Gasteiger partial charge is 0.369 e. The van der Waals surface area contributed by atoms with E-state index >= 15 is 0 Å². The Morgan fingerprint density at radius 2 is 1.48 bits per heavy atom. The van der Waals surface area contributed by atoms with Crippen LogP contribution in [-0.2, 0) is 19.7 Å². The van der Waals surface area contributed by atoms with Crippen molar-refractivity contribution in [2.24, 2.45) is 0 Å². The summed E-state index contributed by atoms with van der Waals surface area (Å²) in [4.78, 5) is 4.24. The zero-order valence-electron chi connectivity index (χ0n) is 15.8. The molecule has 2 aliphatic rings. The lowest BCUT2D eigenvalue weighted by atomic mass is 10.1. The summed E-state index contributed by atoms with van der Waals surface area (Å²) in [5, 5.41) is -0.965. The van der Waals surface area contributed by atoms with Crippen molar-refractivity contribution in [2.45, 2.75) is 16.2 Å². The van der Waals surface area contributed by atoms with Crippen LogP contribution in [0.2, 0.25) is 0 Å². The molecule has 0 saturated carbocycles. The van der Waals surface area contributed by atoms with Crippen LogP contribution in [0.25, 0.3) is 0 Å². The van der Waals surface area contributed by atoms with Crippen LogP contribution in [-0.4, -0.2) is 70.7 Å². The van der Waals surface area contributed by atoms with Crippen LogP contribution in [0, 0.1) is 5.82 Å². The molecule has 0 aliphatic carbocycles. The molecule has 0 amide bonds. The Labute approximate surface area is 170 Å². The van der Waals surface area contributed by atoms with Crippen LogP contribution >= 0.6 is 0 Å². The van der Waals surface area contributed by atoms with Crippen molar-refractivity contribution in [3.63, 3.8) is 0 Å². The van der Waals surface area contributed by atoms with E-state index in [2.05, 4.69) is 4.90 Å². The summed E-state index contributed by atoms with van der Waals surface area (Å²) in [6.07, 6.45) is 0. The Morgan fingerprint density at radius 3 is 2.10 bits per heavy atom. The summed E-state index contributed by atoms with van der Waals surface area (Å²) in [5.41, 5.74) is 0.901. The molecular weight excluding hydrogens is 415 g/mol. The van der Waals surface area contributed by atoms with Gasteiger partial charge < -0.3 is 4.90 Å². The Hall–Kier alpha value is -1.97. The molecular formula is C20H23FN2O4S2.